The van der Waals surface area contributed by atoms with Crippen LogP contribution in [0.5, 0.6) is 0 Å². The Morgan fingerprint density at radius 3 is 0.857 bits per heavy atom. The zero-order chi connectivity index (χ0) is 55.7. The number of hydrogen-bond acceptors (Lipinski definition) is 6. The van der Waals surface area contributed by atoms with E-state index in [2.05, 4.69) is 106 Å². The standard InChI is InChI=1S/C71H124O6/c1-4-7-10-13-16-19-22-25-27-28-29-30-31-32-33-34-35-36-37-38-39-40-41-42-44-46-49-52-55-58-61-64-70(73)76-67-68(66-75-69(72)63-60-57-54-51-48-45-24-21-18-15-12-9-6-3)77-71(74)65-62-59-56-53-50-47-43-26-23-20-17-14-11-8-5-2/h7,10,12,15-16,19,21,24-27,29-30,43,68H,4-6,8-9,11,13-14,17-18,20,22-23,28,31-42,44-67H2,1-3H3/b10-7-,15-12-,19-16-,24-21-,27-25-,30-29-,43-26-. The summed E-state index contributed by atoms with van der Waals surface area (Å²) in [7, 11) is 0. The summed E-state index contributed by atoms with van der Waals surface area (Å²) in [6.45, 7) is 6.47. The van der Waals surface area contributed by atoms with Crippen molar-refractivity contribution in [2.45, 2.75) is 335 Å². The Bertz CT molecular complexity index is 1470. The van der Waals surface area contributed by atoms with Gasteiger partial charge in [0.25, 0.3) is 0 Å². The molecule has 0 aromatic rings. The van der Waals surface area contributed by atoms with Crippen molar-refractivity contribution in [3.8, 4) is 0 Å². The van der Waals surface area contributed by atoms with Crippen molar-refractivity contribution in [3.05, 3.63) is 85.1 Å². The molecule has 0 spiro atoms. The molecule has 0 radical (unpaired) electrons. The molecule has 0 saturated heterocycles. The fourth-order valence-corrected chi connectivity index (χ4v) is 9.41. The van der Waals surface area contributed by atoms with E-state index in [1.807, 2.05) is 0 Å². The monoisotopic (exact) mass is 1070 g/mol. The maximum Gasteiger partial charge on any atom is 0.306 e. The first kappa shape index (κ1) is 73.6. The Hall–Kier alpha value is -3.41. The lowest BCUT2D eigenvalue weighted by Gasteiger charge is -2.18. The van der Waals surface area contributed by atoms with Gasteiger partial charge in [-0.2, -0.15) is 0 Å². The normalized spacial score (nSPS) is 12.6. The molecule has 0 amide bonds. The largest absolute Gasteiger partial charge is 0.462 e. The van der Waals surface area contributed by atoms with E-state index < -0.39 is 6.10 Å². The first-order chi connectivity index (χ1) is 38.0. The van der Waals surface area contributed by atoms with E-state index in [0.29, 0.717) is 19.3 Å². The van der Waals surface area contributed by atoms with E-state index in [1.54, 1.807) is 0 Å². The van der Waals surface area contributed by atoms with Crippen LogP contribution in [0.25, 0.3) is 0 Å². The van der Waals surface area contributed by atoms with Crippen molar-refractivity contribution in [2.75, 3.05) is 13.2 Å². The third-order valence-corrected chi connectivity index (χ3v) is 14.3. The van der Waals surface area contributed by atoms with Gasteiger partial charge >= 0.3 is 17.9 Å². The average Bonchev–Trinajstić information content (AvgIpc) is 3.43. The molecule has 0 aliphatic rings. The number of unbranched alkanes of at least 4 members (excludes halogenated alkanes) is 35. The molecule has 0 aliphatic heterocycles. The highest BCUT2D eigenvalue weighted by atomic mass is 16.6. The summed E-state index contributed by atoms with van der Waals surface area (Å²) in [4.78, 5) is 38.3. The summed E-state index contributed by atoms with van der Waals surface area (Å²) in [5, 5.41) is 0. The molecule has 1 unspecified atom stereocenters. The van der Waals surface area contributed by atoms with Gasteiger partial charge in [0, 0.05) is 19.3 Å². The molecule has 0 fully saturated rings. The van der Waals surface area contributed by atoms with Crippen molar-refractivity contribution in [3.63, 3.8) is 0 Å². The maximum atomic E-state index is 12.9. The van der Waals surface area contributed by atoms with Gasteiger partial charge in [-0.25, -0.2) is 0 Å². The van der Waals surface area contributed by atoms with Crippen molar-refractivity contribution in [1.82, 2.24) is 0 Å². The van der Waals surface area contributed by atoms with Crippen molar-refractivity contribution in [2.24, 2.45) is 0 Å². The van der Waals surface area contributed by atoms with Crippen LogP contribution in [0.3, 0.4) is 0 Å². The van der Waals surface area contributed by atoms with Crippen LogP contribution in [0.15, 0.2) is 85.1 Å². The zero-order valence-corrected chi connectivity index (χ0v) is 51.0. The lowest BCUT2D eigenvalue weighted by atomic mass is 10.0. The molecule has 0 rings (SSSR count). The van der Waals surface area contributed by atoms with E-state index >= 15 is 0 Å². The second-order valence-corrected chi connectivity index (χ2v) is 22.0. The Labute approximate surface area is 477 Å². The lowest BCUT2D eigenvalue weighted by Crippen LogP contribution is -2.30. The highest BCUT2D eigenvalue weighted by Crippen LogP contribution is 2.17. The molecule has 0 aromatic carbocycles. The number of carbonyl (C=O) groups is 3. The summed E-state index contributed by atoms with van der Waals surface area (Å²) in [5.41, 5.74) is 0. The minimum Gasteiger partial charge on any atom is -0.462 e. The fraction of sp³-hybridized carbons (Fsp3) is 0.761. The van der Waals surface area contributed by atoms with Crippen LogP contribution in [0.2, 0.25) is 0 Å². The van der Waals surface area contributed by atoms with E-state index in [4.69, 9.17) is 14.2 Å². The molecule has 0 aromatic heterocycles. The van der Waals surface area contributed by atoms with Crippen LogP contribution in [0.1, 0.15) is 329 Å². The van der Waals surface area contributed by atoms with Crippen LogP contribution in [-0.4, -0.2) is 37.2 Å². The predicted octanol–water partition coefficient (Wildman–Crippen LogP) is 22.7. The molecule has 6 nitrogen and oxygen atoms in total. The molecule has 0 bridgehead atoms. The molecular formula is C71H124O6. The second kappa shape index (κ2) is 65.1. The third kappa shape index (κ3) is 63.3. The van der Waals surface area contributed by atoms with Crippen LogP contribution in [0.4, 0.5) is 0 Å². The molecule has 0 heterocycles. The van der Waals surface area contributed by atoms with Crippen molar-refractivity contribution < 1.29 is 28.6 Å². The van der Waals surface area contributed by atoms with Crippen LogP contribution < -0.4 is 0 Å². The van der Waals surface area contributed by atoms with E-state index in [-0.39, 0.29) is 31.1 Å². The van der Waals surface area contributed by atoms with Gasteiger partial charge in [0.15, 0.2) is 6.10 Å². The molecule has 6 heteroatoms. The smallest absolute Gasteiger partial charge is 0.306 e. The van der Waals surface area contributed by atoms with Gasteiger partial charge < -0.3 is 14.2 Å². The SMILES string of the molecule is CC/C=C\C/C=C\C/C=C\C/C=C\CCCCCCCCCCCCCCCCCCCCC(=O)OCC(COC(=O)CCCCCCC/C=C\C/C=C\CCC)OC(=O)CCCCCCC/C=C\CCCCCCCC. The molecular weight excluding hydrogens is 949 g/mol. The van der Waals surface area contributed by atoms with Gasteiger partial charge in [0.2, 0.25) is 0 Å². The highest BCUT2D eigenvalue weighted by Gasteiger charge is 2.19. The second-order valence-electron chi connectivity index (χ2n) is 22.0. The fourth-order valence-electron chi connectivity index (χ4n) is 9.41. The molecule has 444 valence electrons. The van der Waals surface area contributed by atoms with Gasteiger partial charge in [-0.05, 0) is 109 Å². The van der Waals surface area contributed by atoms with E-state index in [9.17, 15) is 14.4 Å². The Balaban J connectivity index is 4.17. The van der Waals surface area contributed by atoms with Crippen LogP contribution in [-0.2, 0) is 28.6 Å². The predicted molar refractivity (Wildman–Crippen MR) is 334 cm³/mol. The van der Waals surface area contributed by atoms with Crippen molar-refractivity contribution in [1.29, 1.82) is 0 Å². The Morgan fingerprint density at radius 2 is 0.532 bits per heavy atom. The quantitative estimate of drug-likeness (QED) is 0.0261. The number of ether oxygens (including phenoxy) is 3. The average molecular weight is 1070 g/mol. The summed E-state index contributed by atoms with van der Waals surface area (Å²) in [6, 6.07) is 0. The van der Waals surface area contributed by atoms with E-state index in [0.717, 1.165) is 122 Å². The molecule has 77 heavy (non-hydrogen) atoms. The van der Waals surface area contributed by atoms with E-state index in [1.165, 1.54) is 167 Å². The van der Waals surface area contributed by atoms with Gasteiger partial charge in [-0.3, -0.25) is 14.4 Å². The number of hydrogen-bond donors (Lipinski definition) is 0. The Morgan fingerprint density at radius 1 is 0.273 bits per heavy atom. The Kier molecular flexibility index (Phi) is 62.2. The summed E-state index contributed by atoms with van der Waals surface area (Å²) < 4.78 is 16.9. The molecule has 1 atom stereocenters. The summed E-state index contributed by atoms with van der Waals surface area (Å²) in [5.74, 6) is -0.890. The minimum atomic E-state index is -0.785. The first-order valence-corrected chi connectivity index (χ1v) is 33.1. The highest BCUT2D eigenvalue weighted by molar-refractivity contribution is 5.71. The molecule has 0 saturated carbocycles. The van der Waals surface area contributed by atoms with Gasteiger partial charge in [0.1, 0.15) is 13.2 Å². The molecule has 0 N–H and O–H groups in total. The van der Waals surface area contributed by atoms with Crippen LogP contribution >= 0.6 is 0 Å². The minimum absolute atomic E-state index is 0.0810. The topological polar surface area (TPSA) is 78.9 Å². The number of allylic oxidation sites excluding steroid dienone is 14. The van der Waals surface area contributed by atoms with Gasteiger partial charge in [-0.1, -0.05) is 286 Å². The number of rotatable bonds is 60. The van der Waals surface area contributed by atoms with Gasteiger partial charge in [0.05, 0.1) is 0 Å². The zero-order valence-electron chi connectivity index (χ0n) is 51.0. The first-order valence-electron chi connectivity index (χ1n) is 33.1. The summed E-state index contributed by atoms with van der Waals surface area (Å²) >= 11 is 0. The van der Waals surface area contributed by atoms with Crippen LogP contribution in [0, 0.1) is 0 Å². The van der Waals surface area contributed by atoms with Crippen molar-refractivity contribution >= 4 is 17.9 Å². The maximum absolute atomic E-state index is 12.9. The lowest BCUT2D eigenvalue weighted by molar-refractivity contribution is -0.167. The van der Waals surface area contributed by atoms with Gasteiger partial charge in [-0.15, -0.1) is 0 Å². The third-order valence-electron chi connectivity index (χ3n) is 14.3. The molecule has 0 aliphatic carbocycles. The number of esters is 3. The summed E-state index contributed by atoms with van der Waals surface area (Å²) in [6.07, 6.45) is 86.1. The number of carbonyl (C=O) groups excluding carboxylic acids is 3.